The second-order valence-corrected chi connectivity index (χ2v) is 6.71. The Morgan fingerprint density at radius 1 is 0.794 bits per heavy atom. The van der Waals surface area contributed by atoms with E-state index in [1.165, 1.54) is 18.2 Å². The lowest BCUT2D eigenvalue weighted by Crippen LogP contribution is -2.17. The Morgan fingerprint density at radius 3 is 1.85 bits per heavy atom. The molecule has 0 atom stereocenters. The van der Waals surface area contributed by atoms with Crippen LogP contribution in [0.2, 0.25) is 5.02 Å². The maximum absolute atomic E-state index is 14.4. The van der Waals surface area contributed by atoms with Crippen molar-refractivity contribution in [2.45, 2.75) is 20.8 Å². The molecule has 0 saturated heterocycles. The molecule has 0 aromatic heterocycles. The van der Waals surface area contributed by atoms with E-state index in [2.05, 4.69) is 10.1 Å². The monoisotopic (exact) mass is 511 g/mol. The van der Waals surface area contributed by atoms with E-state index in [0.29, 0.717) is 5.56 Å². The van der Waals surface area contributed by atoms with E-state index in [0.717, 1.165) is 0 Å². The molecule has 0 aliphatic carbocycles. The molecule has 0 aliphatic heterocycles. The van der Waals surface area contributed by atoms with E-state index in [-0.39, 0.29) is 16.8 Å². The number of rotatable bonds is 4. The van der Waals surface area contributed by atoms with Crippen molar-refractivity contribution in [1.82, 2.24) is 0 Å². The quantitative estimate of drug-likeness (QED) is 0.128. The van der Waals surface area contributed by atoms with E-state index >= 15 is 0 Å². The zero-order valence-electron chi connectivity index (χ0n) is 17.5. The van der Waals surface area contributed by atoms with Crippen LogP contribution in [0.3, 0.4) is 0 Å². The summed E-state index contributed by atoms with van der Waals surface area (Å²) in [5.41, 5.74) is -1.66. The van der Waals surface area contributed by atoms with Gasteiger partial charge in [-0.1, -0.05) is 31.5 Å². The first-order chi connectivity index (χ1) is 15.9. The molecule has 0 saturated carbocycles. The summed E-state index contributed by atoms with van der Waals surface area (Å²) >= 11 is 5.97. The van der Waals surface area contributed by atoms with Gasteiger partial charge in [-0.2, -0.15) is 8.78 Å². The Hall–Kier alpha value is -3.34. The van der Waals surface area contributed by atoms with Crippen molar-refractivity contribution in [3.8, 4) is 5.75 Å². The van der Waals surface area contributed by atoms with Crippen LogP contribution in [-0.2, 0) is 0 Å². The van der Waals surface area contributed by atoms with Crippen molar-refractivity contribution in [3.63, 3.8) is 0 Å². The van der Waals surface area contributed by atoms with Gasteiger partial charge in [0.2, 0.25) is 34.8 Å². The summed E-state index contributed by atoms with van der Waals surface area (Å²) in [7, 11) is 0. The standard InChI is InChI=1S/C20H8ClF8NO2.C2H6/c1-6-2-3-10(8(21)4-6)30-18-7(5-9(22)11(23)15(18)27)20(31)32-19-16(28)13(25)12(24)14(26)17(19)29;1-2/h2-5,30H,1H3;1-2H3. The number of hydrogen-bond donors (Lipinski definition) is 1. The Bertz CT molecular complexity index is 1240. The average Bonchev–Trinajstić information content (AvgIpc) is 2.82. The van der Waals surface area contributed by atoms with Crippen molar-refractivity contribution in [3.05, 3.63) is 87.0 Å². The summed E-state index contributed by atoms with van der Waals surface area (Å²) in [6.07, 6.45) is 0. The van der Waals surface area contributed by atoms with Crippen LogP contribution in [0.5, 0.6) is 5.75 Å². The number of ether oxygens (including phenoxy) is 1. The number of anilines is 2. The largest absolute Gasteiger partial charge is 0.416 e. The minimum atomic E-state index is -2.52. The summed E-state index contributed by atoms with van der Waals surface area (Å²) in [4.78, 5) is 12.4. The number of aryl methyl sites for hydroxylation is 1. The van der Waals surface area contributed by atoms with Crippen molar-refractivity contribution in [2.24, 2.45) is 0 Å². The maximum atomic E-state index is 14.4. The Balaban J connectivity index is 0.00000199. The van der Waals surface area contributed by atoms with Crippen LogP contribution in [0.1, 0.15) is 29.8 Å². The van der Waals surface area contributed by atoms with Gasteiger partial charge < -0.3 is 10.1 Å². The fraction of sp³-hybridized carbons (Fsp3) is 0.136. The van der Waals surface area contributed by atoms with Crippen LogP contribution in [0, 0.1) is 53.5 Å². The molecule has 0 heterocycles. The molecule has 182 valence electrons. The smallest absolute Gasteiger partial charge is 0.346 e. The maximum Gasteiger partial charge on any atom is 0.346 e. The van der Waals surface area contributed by atoms with Gasteiger partial charge in [0, 0.05) is 0 Å². The lowest BCUT2D eigenvalue weighted by Gasteiger charge is -2.15. The van der Waals surface area contributed by atoms with E-state index in [9.17, 15) is 39.9 Å². The molecule has 0 radical (unpaired) electrons. The highest BCUT2D eigenvalue weighted by Crippen LogP contribution is 2.34. The molecular weight excluding hydrogens is 498 g/mol. The molecule has 0 unspecified atom stereocenters. The fourth-order valence-electron chi connectivity index (χ4n) is 2.56. The second-order valence-electron chi connectivity index (χ2n) is 6.31. The second kappa shape index (κ2) is 10.7. The number of benzene rings is 3. The number of esters is 1. The predicted octanol–water partition coefficient (Wildman–Crippen LogP) is 7.75. The van der Waals surface area contributed by atoms with Crippen molar-refractivity contribution >= 4 is 28.9 Å². The number of hydrogen-bond acceptors (Lipinski definition) is 3. The molecule has 0 bridgehead atoms. The molecule has 12 heteroatoms. The van der Waals surface area contributed by atoms with Crippen LogP contribution >= 0.6 is 11.6 Å². The van der Waals surface area contributed by atoms with Crippen LogP contribution in [0.15, 0.2) is 24.3 Å². The summed E-state index contributed by atoms with van der Waals surface area (Å²) in [5, 5.41) is 2.19. The summed E-state index contributed by atoms with van der Waals surface area (Å²) in [6.45, 7) is 5.65. The third-order valence-corrected chi connectivity index (χ3v) is 4.44. The lowest BCUT2D eigenvalue weighted by atomic mass is 10.1. The third-order valence-electron chi connectivity index (χ3n) is 4.13. The van der Waals surface area contributed by atoms with Crippen LogP contribution in [0.25, 0.3) is 0 Å². The number of carbonyl (C=O) groups is 1. The third kappa shape index (κ3) is 5.09. The molecule has 3 nitrogen and oxygen atoms in total. The first kappa shape index (κ1) is 26.9. The fourth-order valence-corrected chi connectivity index (χ4v) is 2.84. The minimum Gasteiger partial charge on any atom is -0.416 e. The Kier molecular flexibility index (Phi) is 8.49. The first-order valence-electron chi connectivity index (χ1n) is 9.38. The van der Waals surface area contributed by atoms with Crippen molar-refractivity contribution in [2.75, 3.05) is 5.32 Å². The summed E-state index contributed by atoms with van der Waals surface area (Å²) < 4.78 is 114. The van der Waals surface area contributed by atoms with Gasteiger partial charge >= 0.3 is 5.97 Å². The van der Waals surface area contributed by atoms with Gasteiger partial charge in [0.25, 0.3) is 0 Å². The zero-order chi connectivity index (χ0) is 25.9. The molecule has 0 fully saturated rings. The number of carbonyl (C=O) groups excluding carboxylic acids is 1. The van der Waals surface area contributed by atoms with Gasteiger partial charge in [-0.25, -0.2) is 31.1 Å². The molecule has 34 heavy (non-hydrogen) atoms. The van der Waals surface area contributed by atoms with Crippen molar-refractivity contribution in [1.29, 1.82) is 0 Å². The number of halogens is 9. The van der Waals surface area contributed by atoms with E-state index < -0.39 is 69.5 Å². The highest BCUT2D eigenvalue weighted by molar-refractivity contribution is 6.33. The van der Waals surface area contributed by atoms with Crippen LogP contribution in [0.4, 0.5) is 46.5 Å². The predicted molar refractivity (Wildman–Crippen MR) is 108 cm³/mol. The molecule has 0 amide bonds. The molecular formula is C22H14ClF8NO2. The van der Waals surface area contributed by atoms with Gasteiger partial charge in [-0.15, -0.1) is 0 Å². The Labute approximate surface area is 192 Å². The van der Waals surface area contributed by atoms with E-state index in [4.69, 9.17) is 11.6 Å². The van der Waals surface area contributed by atoms with Crippen molar-refractivity contribution < 1.29 is 44.7 Å². The molecule has 0 spiro atoms. The van der Waals surface area contributed by atoms with E-state index in [1.54, 1.807) is 6.92 Å². The summed E-state index contributed by atoms with van der Waals surface area (Å²) in [5.74, 6) is -22.2. The molecule has 0 aliphatic rings. The average molecular weight is 512 g/mol. The highest BCUT2D eigenvalue weighted by Gasteiger charge is 2.31. The topological polar surface area (TPSA) is 38.3 Å². The number of nitrogens with one attached hydrogen (secondary N) is 1. The van der Waals surface area contributed by atoms with Gasteiger partial charge in [0.05, 0.1) is 22.0 Å². The SMILES string of the molecule is CC.Cc1ccc(Nc2c(C(=O)Oc3c(F)c(F)c(F)c(F)c3F)cc(F)c(F)c2F)c(Cl)c1. The molecule has 3 rings (SSSR count). The van der Waals surface area contributed by atoms with Gasteiger partial charge in [-0.3, -0.25) is 0 Å². The molecule has 1 N–H and O–H groups in total. The van der Waals surface area contributed by atoms with Crippen LogP contribution < -0.4 is 10.1 Å². The lowest BCUT2D eigenvalue weighted by molar-refractivity contribution is 0.0716. The molecule has 3 aromatic carbocycles. The van der Waals surface area contributed by atoms with Gasteiger partial charge in [0.1, 0.15) is 0 Å². The summed E-state index contributed by atoms with van der Waals surface area (Å²) in [6, 6.07) is 4.28. The van der Waals surface area contributed by atoms with Gasteiger partial charge in [-0.05, 0) is 30.7 Å². The van der Waals surface area contributed by atoms with Gasteiger partial charge in [0.15, 0.2) is 17.5 Å². The van der Waals surface area contributed by atoms with Crippen LogP contribution in [-0.4, -0.2) is 5.97 Å². The minimum absolute atomic E-state index is 0.0341. The Morgan fingerprint density at radius 2 is 1.32 bits per heavy atom. The highest BCUT2D eigenvalue weighted by atomic mass is 35.5. The van der Waals surface area contributed by atoms with E-state index in [1.807, 2.05) is 13.8 Å². The molecule has 3 aromatic rings. The normalized spacial score (nSPS) is 10.5. The zero-order valence-corrected chi connectivity index (χ0v) is 18.3. The first-order valence-corrected chi connectivity index (χ1v) is 9.76.